The first-order chi connectivity index (χ1) is 9.11. The minimum Gasteiger partial charge on any atom is -0.497 e. The van der Waals surface area contributed by atoms with Crippen molar-refractivity contribution in [2.24, 2.45) is 17.3 Å². The van der Waals surface area contributed by atoms with Crippen LogP contribution in [0, 0.1) is 17.3 Å². The number of amides is 1. The van der Waals surface area contributed by atoms with E-state index in [4.69, 9.17) is 4.74 Å². The van der Waals surface area contributed by atoms with Gasteiger partial charge in [-0.3, -0.25) is 4.79 Å². The maximum Gasteiger partial charge on any atom is 0.230 e. The van der Waals surface area contributed by atoms with Crippen LogP contribution in [0.4, 0.5) is 5.69 Å². The lowest BCUT2D eigenvalue weighted by atomic mass is 9.77. The Balaban J connectivity index is 1.72. The minimum atomic E-state index is -0.251. The number of fused-ring (bicyclic) bond motifs is 2. The molecule has 1 aromatic carbocycles. The molecule has 0 spiro atoms. The summed E-state index contributed by atoms with van der Waals surface area (Å²) in [7, 11) is 1.64. The molecule has 100 valence electrons. The van der Waals surface area contributed by atoms with E-state index in [2.05, 4.69) is 24.4 Å². The molecule has 0 heterocycles. The number of carbonyl (C=O) groups excluding carboxylic acids is 1. The number of nitrogens with one attached hydrogen (secondary N) is 1. The van der Waals surface area contributed by atoms with E-state index in [1.165, 1.54) is 0 Å². The van der Waals surface area contributed by atoms with Crippen molar-refractivity contribution in [2.75, 3.05) is 12.4 Å². The van der Waals surface area contributed by atoms with Gasteiger partial charge in [-0.15, -0.1) is 0 Å². The van der Waals surface area contributed by atoms with Crippen LogP contribution in [0.15, 0.2) is 36.4 Å². The van der Waals surface area contributed by atoms with Crippen LogP contribution in [0.3, 0.4) is 0 Å². The van der Waals surface area contributed by atoms with E-state index >= 15 is 0 Å². The minimum absolute atomic E-state index is 0.134. The number of hydrogen-bond acceptors (Lipinski definition) is 2. The van der Waals surface area contributed by atoms with Crippen molar-refractivity contribution < 1.29 is 9.53 Å². The molecular weight excluding hydrogens is 238 g/mol. The lowest BCUT2D eigenvalue weighted by Crippen LogP contribution is -2.36. The molecule has 0 aromatic heterocycles. The summed E-state index contributed by atoms with van der Waals surface area (Å²) in [5, 5.41) is 3.03. The summed E-state index contributed by atoms with van der Waals surface area (Å²) in [6, 6.07) is 7.48. The molecule has 19 heavy (non-hydrogen) atoms. The van der Waals surface area contributed by atoms with E-state index in [0.717, 1.165) is 24.3 Å². The van der Waals surface area contributed by atoms with Crippen LogP contribution in [0.2, 0.25) is 0 Å². The average molecular weight is 257 g/mol. The van der Waals surface area contributed by atoms with Crippen LogP contribution in [-0.2, 0) is 4.79 Å². The highest BCUT2D eigenvalue weighted by Crippen LogP contribution is 2.52. The predicted molar refractivity (Wildman–Crippen MR) is 75.1 cm³/mol. The van der Waals surface area contributed by atoms with E-state index < -0.39 is 0 Å². The monoisotopic (exact) mass is 257 g/mol. The van der Waals surface area contributed by atoms with E-state index in [0.29, 0.717) is 11.8 Å². The third-order valence-electron chi connectivity index (χ3n) is 4.54. The van der Waals surface area contributed by atoms with Crippen LogP contribution in [0.1, 0.15) is 19.8 Å². The fourth-order valence-electron chi connectivity index (χ4n) is 3.30. The molecule has 1 saturated carbocycles. The van der Waals surface area contributed by atoms with Gasteiger partial charge in [0.2, 0.25) is 5.91 Å². The standard InChI is InChI=1S/C16H19NO2/c1-16(10-11-3-4-12(16)9-11)15(18)17-13-5-7-14(19-2)8-6-13/h3-8,11-12H,9-10H2,1-2H3,(H,17,18)/t11-,12-,16?/m1/s1. The Hall–Kier alpha value is -1.77. The van der Waals surface area contributed by atoms with Gasteiger partial charge in [-0.05, 0) is 48.9 Å². The molecule has 1 amide bonds. The number of allylic oxidation sites excluding steroid dienone is 2. The van der Waals surface area contributed by atoms with Crippen LogP contribution < -0.4 is 10.1 Å². The Morgan fingerprint density at radius 3 is 2.58 bits per heavy atom. The highest BCUT2D eigenvalue weighted by Gasteiger charge is 2.49. The lowest BCUT2D eigenvalue weighted by molar-refractivity contribution is -0.126. The maximum atomic E-state index is 12.5. The molecule has 0 saturated heterocycles. The van der Waals surface area contributed by atoms with Gasteiger partial charge in [0.1, 0.15) is 5.75 Å². The van der Waals surface area contributed by atoms with Gasteiger partial charge >= 0.3 is 0 Å². The lowest BCUT2D eigenvalue weighted by Gasteiger charge is -2.29. The molecule has 2 aliphatic rings. The van der Waals surface area contributed by atoms with Crippen molar-refractivity contribution in [3.8, 4) is 5.75 Å². The van der Waals surface area contributed by atoms with Crippen molar-refractivity contribution in [2.45, 2.75) is 19.8 Å². The van der Waals surface area contributed by atoms with Crippen LogP contribution >= 0.6 is 0 Å². The number of hydrogen-bond donors (Lipinski definition) is 1. The van der Waals surface area contributed by atoms with Gasteiger partial charge < -0.3 is 10.1 Å². The second kappa shape index (κ2) is 4.41. The van der Waals surface area contributed by atoms with Gasteiger partial charge in [-0.1, -0.05) is 19.1 Å². The molecule has 1 fully saturated rings. The van der Waals surface area contributed by atoms with Crippen molar-refractivity contribution in [3.63, 3.8) is 0 Å². The number of carbonyl (C=O) groups is 1. The third-order valence-corrected chi connectivity index (χ3v) is 4.54. The molecule has 1 N–H and O–H groups in total. The molecule has 2 bridgehead atoms. The van der Waals surface area contributed by atoms with E-state index in [1.807, 2.05) is 24.3 Å². The number of rotatable bonds is 3. The normalized spacial score (nSPS) is 31.5. The summed E-state index contributed by atoms with van der Waals surface area (Å²) >= 11 is 0. The van der Waals surface area contributed by atoms with Crippen molar-refractivity contribution in [3.05, 3.63) is 36.4 Å². The molecule has 0 radical (unpaired) electrons. The van der Waals surface area contributed by atoms with Gasteiger partial charge in [0.05, 0.1) is 12.5 Å². The summed E-state index contributed by atoms with van der Waals surface area (Å²) in [5.41, 5.74) is 0.582. The van der Waals surface area contributed by atoms with Gasteiger partial charge in [-0.25, -0.2) is 0 Å². The summed E-state index contributed by atoms with van der Waals surface area (Å²) in [4.78, 5) is 12.5. The highest BCUT2D eigenvalue weighted by atomic mass is 16.5. The quantitative estimate of drug-likeness (QED) is 0.844. The average Bonchev–Trinajstić information content (AvgIpc) is 3.00. The largest absolute Gasteiger partial charge is 0.497 e. The number of benzene rings is 1. The molecule has 3 rings (SSSR count). The molecule has 0 aliphatic heterocycles. The van der Waals surface area contributed by atoms with Crippen LogP contribution in [-0.4, -0.2) is 13.0 Å². The van der Waals surface area contributed by atoms with E-state index in [9.17, 15) is 4.79 Å². The predicted octanol–water partition coefficient (Wildman–Crippen LogP) is 3.24. The van der Waals surface area contributed by atoms with Crippen molar-refractivity contribution >= 4 is 11.6 Å². The zero-order chi connectivity index (χ0) is 13.5. The second-order valence-electron chi connectivity index (χ2n) is 5.79. The Morgan fingerprint density at radius 2 is 2.05 bits per heavy atom. The van der Waals surface area contributed by atoms with E-state index in [1.54, 1.807) is 7.11 Å². The van der Waals surface area contributed by atoms with Gasteiger partial charge in [0.15, 0.2) is 0 Å². The van der Waals surface area contributed by atoms with Crippen molar-refractivity contribution in [1.29, 1.82) is 0 Å². The van der Waals surface area contributed by atoms with Gasteiger partial charge in [0.25, 0.3) is 0 Å². The fraction of sp³-hybridized carbons (Fsp3) is 0.438. The molecular formula is C16H19NO2. The smallest absolute Gasteiger partial charge is 0.230 e. The highest BCUT2D eigenvalue weighted by molar-refractivity contribution is 5.96. The van der Waals surface area contributed by atoms with Crippen molar-refractivity contribution in [1.82, 2.24) is 0 Å². The third kappa shape index (κ3) is 2.03. The maximum absolute atomic E-state index is 12.5. The zero-order valence-electron chi connectivity index (χ0n) is 11.3. The van der Waals surface area contributed by atoms with Gasteiger partial charge in [0, 0.05) is 5.69 Å². The molecule has 1 unspecified atom stereocenters. The molecule has 3 nitrogen and oxygen atoms in total. The first-order valence-electron chi connectivity index (χ1n) is 6.75. The Labute approximate surface area is 113 Å². The Bertz CT molecular complexity index is 520. The topological polar surface area (TPSA) is 38.3 Å². The first-order valence-corrected chi connectivity index (χ1v) is 6.75. The number of ether oxygens (including phenoxy) is 1. The Morgan fingerprint density at radius 1 is 1.32 bits per heavy atom. The molecule has 3 heteroatoms. The fourth-order valence-corrected chi connectivity index (χ4v) is 3.30. The Kier molecular flexibility index (Phi) is 2.85. The number of methoxy groups -OCH3 is 1. The summed E-state index contributed by atoms with van der Waals surface area (Å²) < 4.78 is 5.11. The summed E-state index contributed by atoms with van der Waals surface area (Å²) in [6.07, 6.45) is 6.57. The van der Waals surface area contributed by atoms with Crippen LogP contribution in [0.25, 0.3) is 0 Å². The molecule has 1 aromatic rings. The van der Waals surface area contributed by atoms with E-state index in [-0.39, 0.29) is 11.3 Å². The SMILES string of the molecule is COc1ccc(NC(=O)C2(C)C[C@@H]3C=C[C@@H]2C3)cc1. The van der Waals surface area contributed by atoms with Gasteiger partial charge in [-0.2, -0.15) is 0 Å². The zero-order valence-corrected chi connectivity index (χ0v) is 11.3. The first kappa shape index (κ1) is 12.3. The summed E-state index contributed by atoms with van der Waals surface area (Å²) in [5.74, 6) is 1.92. The molecule has 2 aliphatic carbocycles. The molecule has 3 atom stereocenters. The van der Waals surface area contributed by atoms with Crippen LogP contribution in [0.5, 0.6) is 5.75 Å². The second-order valence-corrected chi connectivity index (χ2v) is 5.79. The number of anilines is 1. The summed E-state index contributed by atoms with van der Waals surface area (Å²) in [6.45, 7) is 2.08.